The first kappa shape index (κ1) is 22.2. The molecule has 1 atom stereocenters. The highest BCUT2D eigenvalue weighted by Crippen LogP contribution is 2.31. The standard InChI is InChI=1S/C18H25ClFN3O5/c1-17(2,3)28-16(25)23-10(9-27-18(23,4)5)8-26-14-7-12(19)11(6-13(14)20)15(24)22-21/h6-7,10H,8-9,21H2,1-5H3,(H,22,24)/t10-/m0/s1. The molecule has 0 radical (unpaired) electrons. The van der Waals surface area contributed by atoms with Gasteiger partial charge in [-0.2, -0.15) is 0 Å². The van der Waals surface area contributed by atoms with E-state index in [9.17, 15) is 14.0 Å². The number of halogens is 2. The van der Waals surface area contributed by atoms with Gasteiger partial charge in [0.2, 0.25) is 0 Å². The molecule has 2 amide bonds. The first-order chi connectivity index (χ1) is 12.9. The van der Waals surface area contributed by atoms with Crippen molar-refractivity contribution in [3.63, 3.8) is 0 Å². The molecule has 1 aromatic rings. The lowest BCUT2D eigenvalue weighted by atomic mass is 10.2. The average Bonchev–Trinajstić information content (AvgIpc) is 2.87. The fraction of sp³-hybridized carbons (Fsp3) is 0.556. The largest absolute Gasteiger partial charge is 0.488 e. The number of nitrogens with two attached hydrogens (primary N) is 1. The Morgan fingerprint density at radius 3 is 2.64 bits per heavy atom. The highest BCUT2D eigenvalue weighted by molar-refractivity contribution is 6.34. The minimum atomic E-state index is -0.907. The molecule has 0 bridgehead atoms. The zero-order valence-electron chi connectivity index (χ0n) is 16.5. The normalized spacial score (nSPS) is 18.7. The van der Waals surface area contributed by atoms with Gasteiger partial charge in [0.15, 0.2) is 11.6 Å². The summed E-state index contributed by atoms with van der Waals surface area (Å²) in [6.07, 6.45) is -0.558. The minimum Gasteiger partial charge on any atom is -0.488 e. The van der Waals surface area contributed by atoms with Gasteiger partial charge in [0.25, 0.3) is 5.91 Å². The predicted molar refractivity (Wildman–Crippen MR) is 100 cm³/mol. The second-order valence-electron chi connectivity index (χ2n) is 7.81. The number of benzene rings is 1. The SMILES string of the molecule is CC(C)(C)OC(=O)N1[C@@H](COc2cc(Cl)c(C(=O)NN)cc2F)COC1(C)C. The van der Waals surface area contributed by atoms with E-state index in [0.717, 1.165) is 6.07 Å². The van der Waals surface area contributed by atoms with Gasteiger partial charge >= 0.3 is 6.09 Å². The van der Waals surface area contributed by atoms with Gasteiger partial charge < -0.3 is 14.2 Å². The van der Waals surface area contributed by atoms with Gasteiger partial charge in [-0.3, -0.25) is 15.1 Å². The van der Waals surface area contributed by atoms with Crippen LogP contribution in [0.3, 0.4) is 0 Å². The first-order valence-electron chi connectivity index (χ1n) is 8.65. The van der Waals surface area contributed by atoms with Gasteiger partial charge in [-0.1, -0.05) is 11.6 Å². The second kappa shape index (κ2) is 8.10. The zero-order chi connectivity index (χ0) is 21.3. The summed E-state index contributed by atoms with van der Waals surface area (Å²) in [6, 6.07) is 1.61. The maximum Gasteiger partial charge on any atom is 0.413 e. The molecule has 1 fully saturated rings. The smallest absolute Gasteiger partial charge is 0.413 e. The number of hydrogen-bond donors (Lipinski definition) is 2. The maximum absolute atomic E-state index is 14.3. The summed E-state index contributed by atoms with van der Waals surface area (Å²) < 4.78 is 30.9. The number of nitrogen functional groups attached to an aromatic ring is 1. The van der Waals surface area contributed by atoms with Crippen LogP contribution in [0.25, 0.3) is 0 Å². The Kier molecular flexibility index (Phi) is 6.42. The fourth-order valence-electron chi connectivity index (χ4n) is 2.76. The molecule has 0 aliphatic carbocycles. The van der Waals surface area contributed by atoms with Gasteiger partial charge in [-0.25, -0.2) is 15.0 Å². The number of nitrogens with one attached hydrogen (secondary N) is 1. The quantitative estimate of drug-likeness (QED) is 0.443. The monoisotopic (exact) mass is 417 g/mol. The van der Waals surface area contributed by atoms with Gasteiger partial charge in [-0.15, -0.1) is 0 Å². The van der Waals surface area contributed by atoms with Crippen LogP contribution < -0.4 is 16.0 Å². The van der Waals surface area contributed by atoms with Crippen LogP contribution in [0.1, 0.15) is 45.0 Å². The first-order valence-corrected chi connectivity index (χ1v) is 9.02. The molecule has 3 N–H and O–H groups in total. The Hall–Kier alpha value is -2.10. The van der Waals surface area contributed by atoms with E-state index >= 15 is 0 Å². The number of amides is 2. The molecule has 1 aliphatic rings. The van der Waals surface area contributed by atoms with Gasteiger partial charge in [0.05, 0.1) is 23.2 Å². The molecule has 1 heterocycles. The number of ether oxygens (including phenoxy) is 3. The molecule has 1 aliphatic heterocycles. The van der Waals surface area contributed by atoms with Crippen molar-refractivity contribution in [1.82, 2.24) is 10.3 Å². The Bertz CT molecular complexity index is 766. The summed E-state index contributed by atoms with van der Waals surface area (Å²) in [5.74, 6) is 3.37. The van der Waals surface area contributed by atoms with E-state index in [-0.39, 0.29) is 29.5 Å². The lowest BCUT2D eigenvalue weighted by Crippen LogP contribution is -2.51. The Balaban J connectivity index is 2.15. The lowest BCUT2D eigenvalue weighted by molar-refractivity contribution is -0.0637. The van der Waals surface area contributed by atoms with Crippen molar-refractivity contribution in [2.45, 2.75) is 52.0 Å². The van der Waals surface area contributed by atoms with E-state index in [1.165, 1.54) is 11.0 Å². The van der Waals surface area contributed by atoms with Gasteiger partial charge in [0.1, 0.15) is 17.9 Å². The Morgan fingerprint density at radius 2 is 2.07 bits per heavy atom. The van der Waals surface area contributed by atoms with Crippen molar-refractivity contribution in [1.29, 1.82) is 0 Å². The van der Waals surface area contributed by atoms with Crippen molar-refractivity contribution >= 4 is 23.6 Å². The second-order valence-corrected chi connectivity index (χ2v) is 8.22. The molecule has 0 aromatic heterocycles. The topological polar surface area (TPSA) is 103 Å². The van der Waals surface area contributed by atoms with E-state index in [1.807, 2.05) is 5.43 Å². The van der Waals surface area contributed by atoms with Crippen LogP contribution in [0.4, 0.5) is 9.18 Å². The molecule has 28 heavy (non-hydrogen) atoms. The van der Waals surface area contributed by atoms with Crippen molar-refractivity contribution in [3.8, 4) is 5.75 Å². The highest BCUT2D eigenvalue weighted by Gasteiger charge is 2.46. The summed E-state index contributed by atoms with van der Waals surface area (Å²) in [5, 5.41) is -0.0219. The van der Waals surface area contributed by atoms with E-state index in [2.05, 4.69) is 0 Å². The summed E-state index contributed by atoms with van der Waals surface area (Å²) in [5.41, 5.74) is 0.182. The van der Waals surface area contributed by atoms with E-state index in [0.29, 0.717) is 0 Å². The van der Waals surface area contributed by atoms with E-state index in [1.54, 1.807) is 34.6 Å². The molecule has 1 aromatic carbocycles. The lowest BCUT2D eigenvalue weighted by Gasteiger charge is -2.35. The van der Waals surface area contributed by atoms with Crippen LogP contribution in [0.15, 0.2) is 12.1 Å². The van der Waals surface area contributed by atoms with Crippen molar-refractivity contribution in [2.24, 2.45) is 5.84 Å². The van der Waals surface area contributed by atoms with E-state index < -0.39 is 35.2 Å². The summed E-state index contributed by atoms with van der Waals surface area (Å²) >= 11 is 6.00. The summed E-state index contributed by atoms with van der Waals surface area (Å²) in [6.45, 7) is 8.88. The summed E-state index contributed by atoms with van der Waals surface area (Å²) in [4.78, 5) is 25.6. The molecule has 10 heteroatoms. The van der Waals surface area contributed by atoms with Crippen LogP contribution in [0.5, 0.6) is 5.75 Å². The molecule has 1 saturated heterocycles. The molecule has 8 nitrogen and oxygen atoms in total. The van der Waals surface area contributed by atoms with Crippen LogP contribution in [0.2, 0.25) is 5.02 Å². The zero-order valence-corrected chi connectivity index (χ0v) is 17.2. The molecular formula is C18H25ClFN3O5. The van der Waals surface area contributed by atoms with Crippen molar-refractivity contribution in [3.05, 3.63) is 28.5 Å². The molecular weight excluding hydrogens is 393 g/mol. The Morgan fingerprint density at radius 1 is 1.43 bits per heavy atom. The molecule has 0 unspecified atom stereocenters. The molecule has 0 saturated carbocycles. The van der Waals surface area contributed by atoms with Crippen LogP contribution >= 0.6 is 11.6 Å². The van der Waals surface area contributed by atoms with Crippen LogP contribution in [-0.2, 0) is 9.47 Å². The van der Waals surface area contributed by atoms with Crippen LogP contribution in [0, 0.1) is 5.82 Å². The maximum atomic E-state index is 14.3. The van der Waals surface area contributed by atoms with Crippen molar-refractivity contribution < 1.29 is 28.2 Å². The third-order valence-corrected chi connectivity index (χ3v) is 4.31. The predicted octanol–water partition coefficient (Wildman–Crippen LogP) is 2.83. The third kappa shape index (κ3) is 5.03. The van der Waals surface area contributed by atoms with Crippen LogP contribution in [-0.4, -0.2) is 47.5 Å². The summed E-state index contributed by atoms with van der Waals surface area (Å²) in [7, 11) is 0. The number of hydrogen-bond acceptors (Lipinski definition) is 6. The molecule has 156 valence electrons. The molecule has 2 rings (SSSR count). The number of carbonyl (C=O) groups is 2. The van der Waals surface area contributed by atoms with Crippen molar-refractivity contribution in [2.75, 3.05) is 13.2 Å². The van der Waals surface area contributed by atoms with Gasteiger partial charge in [0, 0.05) is 6.07 Å². The number of nitrogens with zero attached hydrogens (tertiary/aromatic N) is 1. The molecule has 0 spiro atoms. The Labute approximate surface area is 168 Å². The van der Waals surface area contributed by atoms with Gasteiger partial charge in [-0.05, 0) is 40.7 Å². The van der Waals surface area contributed by atoms with E-state index in [4.69, 9.17) is 31.7 Å². The third-order valence-electron chi connectivity index (χ3n) is 3.99. The highest BCUT2D eigenvalue weighted by atomic mass is 35.5. The number of rotatable bonds is 4. The number of hydrazine groups is 1. The number of carbonyl (C=O) groups excluding carboxylic acids is 2. The average molecular weight is 418 g/mol. The fourth-order valence-corrected chi connectivity index (χ4v) is 3.00. The minimum absolute atomic E-state index is 0.0219.